The lowest BCUT2D eigenvalue weighted by molar-refractivity contribution is 0.558. The Morgan fingerprint density at radius 2 is 2.28 bits per heavy atom. The zero-order valence-electron chi connectivity index (χ0n) is 10.5. The normalized spacial score (nSPS) is 12.7. The van der Waals surface area contributed by atoms with Crippen molar-refractivity contribution in [2.45, 2.75) is 26.4 Å². The van der Waals surface area contributed by atoms with Crippen molar-refractivity contribution < 1.29 is 4.39 Å². The molecule has 0 fully saturated rings. The van der Waals surface area contributed by atoms with Gasteiger partial charge < -0.3 is 0 Å². The Labute approximate surface area is 106 Å². The topological polar surface area (TPSA) is 55.9 Å². The van der Waals surface area contributed by atoms with Gasteiger partial charge in [0.05, 0.1) is 12.2 Å². The van der Waals surface area contributed by atoms with Crippen LogP contribution in [0.2, 0.25) is 0 Å². The highest BCUT2D eigenvalue weighted by Gasteiger charge is 2.18. The maximum Gasteiger partial charge on any atom is 0.128 e. The van der Waals surface area contributed by atoms with Crippen molar-refractivity contribution in [3.8, 4) is 0 Å². The third-order valence-corrected chi connectivity index (χ3v) is 2.94. The van der Waals surface area contributed by atoms with Crippen LogP contribution in [0.4, 0.5) is 4.39 Å². The number of nitrogens with zero attached hydrogens (tertiary/aromatic N) is 2. The molecular formula is C13H17FN4. The van der Waals surface area contributed by atoms with Gasteiger partial charge in [0.2, 0.25) is 0 Å². The van der Waals surface area contributed by atoms with Crippen LogP contribution in [0.25, 0.3) is 0 Å². The maximum absolute atomic E-state index is 13.9. The fourth-order valence-electron chi connectivity index (χ4n) is 1.93. The van der Waals surface area contributed by atoms with Gasteiger partial charge in [0, 0.05) is 23.9 Å². The number of halogens is 1. The molecule has 0 bridgehead atoms. The molecule has 3 N–H and O–H groups in total. The minimum absolute atomic E-state index is 0.262. The van der Waals surface area contributed by atoms with Crippen molar-refractivity contribution in [1.82, 2.24) is 15.2 Å². The predicted octanol–water partition coefficient (Wildman–Crippen LogP) is 1.90. The van der Waals surface area contributed by atoms with Crippen LogP contribution in [0.1, 0.15) is 29.7 Å². The van der Waals surface area contributed by atoms with Crippen molar-refractivity contribution in [1.29, 1.82) is 0 Å². The van der Waals surface area contributed by atoms with Gasteiger partial charge in [-0.3, -0.25) is 10.5 Å². The van der Waals surface area contributed by atoms with Crippen molar-refractivity contribution in [3.05, 3.63) is 53.1 Å². The molecule has 1 aromatic heterocycles. The number of aromatic nitrogens is 2. The fraction of sp³-hybridized carbons (Fsp3) is 0.308. The van der Waals surface area contributed by atoms with Gasteiger partial charge in [-0.1, -0.05) is 12.1 Å². The standard InChI is InChI=1S/C13H17FN4/c1-3-18-8-10(7-16-18)13(17-15)11-5-4-9(2)6-12(11)14/h4-8,13,17H,3,15H2,1-2H3. The van der Waals surface area contributed by atoms with E-state index in [2.05, 4.69) is 10.5 Å². The molecule has 0 aliphatic rings. The smallest absolute Gasteiger partial charge is 0.128 e. The number of rotatable bonds is 4. The van der Waals surface area contributed by atoms with Crippen LogP contribution in [-0.4, -0.2) is 9.78 Å². The molecule has 4 nitrogen and oxygen atoms in total. The molecule has 0 spiro atoms. The highest BCUT2D eigenvalue weighted by atomic mass is 19.1. The Kier molecular flexibility index (Phi) is 3.74. The molecule has 1 heterocycles. The number of benzene rings is 1. The minimum Gasteiger partial charge on any atom is -0.273 e. The number of nitrogens with two attached hydrogens (primary N) is 1. The van der Waals surface area contributed by atoms with E-state index in [0.29, 0.717) is 5.56 Å². The van der Waals surface area contributed by atoms with Crippen molar-refractivity contribution in [2.75, 3.05) is 0 Å². The van der Waals surface area contributed by atoms with Crippen LogP contribution in [-0.2, 0) is 6.54 Å². The summed E-state index contributed by atoms with van der Waals surface area (Å²) in [5.41, 5.74) is 4.90. The number of hydrogen-bond donors (Lipinski definition) is 2. The number of aryl methyl sites for hydroxylation is 2. The molecule has 96 valence electrons. The van der Waals surface area contributed by atoms with E-state index in [-0.39, 0.29) is 11.9 Å². The third-order valence-electron chi connectivity index (χ3n) is 2.94. The summed E-state index contributed by atoms with van der Waals surface area (Å²) in [4.78, 5) is 0. The van der Waals surface area contributed by atoms with Crippen molar-refractivity contribution in [3.63, 3.8) is 0 Å². The second kappa shape index (κ2) is 5.29. The van der Waals surface area contributed by atoms with Crippen molar-refractivity contribution in [2.24, 2.45) is 5.84 Å². The van der Waals surface area contributed by atoms with E-state index in [0.717, 1.165) is 17.7 Å². The summed E-state index contributed by atoms with van der Waals surface area (Å²) in [6, 6.07) is 4.74. The van der Waals surface area contributed by atoms with Gasteiger partial charge in [-0.2, -0.15) is 5.10 Å². The molecule has 1 aromatic carbocycles. The highest BCUT2D eigenvalue weighted by Crippen LogP contribution is 2.24. The molecule has 18 heavy (non-hydrogen) atoms. The Balaban J connectivity index is 2.38. The summed E-state index contributed by atoms with van der Waals surface area (Å²) in [5, 5.41) is 4.17. The first-order valence-electron chi connectivity index (χ1n) is 5.90. The lowest BCUT2D eigenvalue weighted by atomic mass is 10.0. The molecule has 2 rings (SSSR count). The van der Waals surface area contributed by atoms with E-state index in [4.69, 9.17) is 5.84 Å². The molecular weight excluding hydrogens is 231 g/mol. The first-order valence-corrected chi connectivity index (χ1v) is 5.90. The van der Waals surface area contributed by atoms with Crippen LogP contribution < -0.4 is 11.3 Å². The summed E-state index contributed by atoms with van der Waals surface area (Å²) in [7, 11) is 0. The van der Waals surface area contributed by atoms with E-state index in [1.54, 1.807) is 16.9 Å². The SMILES string of the molecule is CCn1cc(C(NN)c2ccc(C)cc2F)cn1. The Morgan fingerprint density at radius 3 is 2.83 bits per heavy atom. The molecule has 0 aliphatic heterocycles. The molecule has 5 heteroatoms. The first kappa shape index (κ1) is 12.7. The van der Waals surface area contributed by atoms with E-state index < -0.39 is 0 Å². The Morgan fingerprint density at radius 1 is 1.50 bits per heavy atom. The Hall–Kier alpha value is -1.72. The number of hydrogen-bond acceptors (Lipinski definition) is 3. The van der Waals surface area contributed by atoms with Gasteiger partial charge in [0.25, 0.3) is 0 Å². The lowest BCUT2D eigenvalue weighted by Gasteiger charge is -2.15. The van der Waals surface area contributed by atoms with E-state index >= 15 is 0 Å². The molecule has 0 radical (unpaired) electrons. The van der Waals surface area contributed by atoms with Gasteiger partial charge in [0.15, 0.2) is 0 Å². The summed E-state index contributed by atoms with van der Waals surface area (Å²) in [5.74, 6) is 5.28. The second-order valence-corrected chi connectivity index (χ2v) is 4.25. The predicted molar refractivity (Wildman–Crippen MR) is 68.2 cm³/mol. The zero-order valence-corrected chi connectivity index (χ0v) is 10.5. The second-order valence-electron chi connectivity index (χ2n) is 4.25. The monoisotopic (exact) mass is 248 g/mol. The molecule has 0 aliphatic carbocycles. The van der Waals surface area contributed by atoms with Gasteiger partial charge in [-0.25, -0.2) is 9.82 Å². The molecule has 1 atom stereocenters. The number of nitrogens with one attached hydrogen (secondary N) is 1. The first-order chi connectivity index (χ1) is 8.65. The van der Waals surface area contributed by atoms with Crippen molar-refractivity contribution >= 4 is 0 Å². The fourth-order valence-corrected chi connectivity index (χ4v) is 1.93. The zero-order chi connectivity index (χ0) is 13.1. The van der Waals surface area contributed by atoms with Crippen LogP contribution in [0, 0.1) is 12.7 Å². The maximum atomic E-state index is 13.9. The highest BCUT2D eigenvalue weighted by molar-refractivity contribution is 5.32. The van der Waals surface area contributed by atoms with Crippen LogP contribution in [0.3, 0.4) is 0 Å². The average Bonchev–Trinajstić information content (AvgIpc) is 2.81. The van der Waals surface area contributed by atoms with E-state index in [9.17, 15) is 4.39 Å². The van der Waals surface area contributed by atoms with E-state index in [1.165, 1.54) is 6.07 Å². The van der Waals surface area contributed by atoms with Gasteiger partial charge in [0.1, 0.15) is 5.82 Å². The summed E-state index contributed by atoms with van der Waals surface area (Å²) in [6.45, 7) is 4.62. The molecule has 0 saturated heterocycles. The molecule has 1 unspecified atom stereocenters. The lowest BCUT2D eigenvalue weighted by Crippen LogP contribution is -2.29. The molecule has 2 aromatic rings. The van der Waals surface area contributed by atoms with Crippen LogP contribution in [0.15, 0.2) is 30.6 Å². The molecule has 0 saturated carbocycles. The van der Waals surface area contributed by atoms with Crippen LogP contribution in [0.5, 0.6) is 0 Å². The summed E-state index contributed by atoms with van der Waals surface area (Å²) >= 11 is 0. The molecule has 0 amide bonds. The Bertz CT molecular complexity index is 536. The van der Waals surface area contributed by atoms with Gasteiger partial charge >= 0.3 is 0 Å². The number of hydrazine groups is 1. The van der Waals surface area contributed by atoms with E-state index in [1.807, 2.05) is 26.1 Å². The average molecular weight is 248 g/mol. The van der Waals surface area contributed by atoms with Crippen LogP contribution >= 0.6 is 0 Å². The largest absolute Gasteiger partial charge is 0.273 e. The quantitative estimate of drug-likeness (QED) is 0.642. The summed E-state index contributed by atoms with van der Waals surface area (Å²) in [6.07, 6.45) is 3.57. The minimum atomic E-state index is -0.383. The van der Waals surface area contributed by atoms with Gasteiger partial charge in [-0.05, 0) is 25.5 Å². The summed E-state index contributed by atoms with van der Waals surface area (Å²) < 4.78 is 15.7. The van der Waals surface area contributed by atoms with Gasteiger partial charge in [-0.15, -0.1) is 0 Å². The third kappa shape index (κ3) is 2.42.